The lowest BCUT2D eigenvalue weighted by Gasteiger charge is -2.26. The van der Waals surface area contributed by atoms with Gasteiger partial charge >= 0.3 is 0 Å². The minimum Gasteiger partial charge on any atom is -0.311 e. The molecule has 0 saturated carbocycles. The van der Waals surface area contributed by atoms with Crippen LogP contribution in [0.15, 0.2) is 18.2 Å². The number of carbonyl (C=O) groups excluding carboxylic acids is 1. The number of carbonyl (C=O) groups is 1. The van der Waals surface area contributed by atoms with Crippen LogP contribution in [-0.4, -0.2) is 25.5 Å². The lowest BCUT2D eigenvalue weighted by Crippen LogP contribution is -2.41. The predicted octanol–water partition coefficient (Wildman–Crippen LogP) is 2.36. The Labute approximate surface area is 107 Å². The van der Waals surface area contributed by atoms with E-state index in [4.69, 9.17) is 11.6 Å². The third kappa shape index (κ3) is 2.99. The van der Waals surface area contributed by atoms with Crippen LogP contribution in [0.3, 0.4) is 0 Å². The average Bonchev–Trinajstić information content (AvgIpc) is 2.26. The SMILES string of the molecule is Cc1cc(Cl)ccc1N1CCCCNCC1=O. The fourth-order valence-corrected chi connectivity index (χ4v) is 2.34. The Morgan fingerprint density at radius 2 is 2.18 bits per heavy atom. The molecule has 0 aromatic heterocycles. The van der Waals surface area contributed by atoms with Crippen molar-refractivity contribution in [3.05, 3.63) is 28.8 Å². The monoisotopic (exact) mass is 252 g/mol. The Hall–Kier alpha value is -1.06. The third-order valence-corrected chi connectivity index (χ3v) is 3.25. The van der Waals surface area contributed by atoms with Gasteiger partial charge in [0.05, 0.1) is 6.54 Å². The van der Waals surface area contributed by atoms with Crippen molar-refractivity contribution in [3.8, 4) is 0 Å². The van der Waals surface area contributed by atoms with Crippen LogP contribution in [0, 0.1) is 6.92 Å². The van der Waals surface area contributed by atoms with Crippen LogP contribution in [0.4, 0.5) is 5.69 Å². The Morgan fingerprint density at radius 3 is 2.94 bits per heavy atom. The Balaban J connectivity index is 2.25. The summed E-state index contributed by atoms with van der Waals surface area (Å²) >= 11 is 5.93. The first kappa shape index (κ1) is 12.4. The second-order valence-electron chi connectivity index (χ2n) is 4.36. The number of nitrogens with one attached hydrogen (secondary N) is 1. The van der Waals surface area contributed by atoms with Crippen LogP contribution < -0.4 is 10.2 Å². The maximum Gasteiger partial charge on any atom is 0.240 e. The fourth-order valence-electron chi connectivity index (χ4n) is 2.11. The lowest BCUT2D eigenvalue weighted by atomic mass is 10.1. The number of rotatable bonds is 1. The Morgan fingerprint density at radius 1 is 1.35 bits per heavy atom. The van der Waals surface area contributed by atoms with Gasteiger partial charge in [0.15, 0.2) is 0 Å². The molecule has 1 aliphatic rings. The molecule has 92 valence electrons. The first-order valence-corrected chi connectivity index (χ1v) is 6.33. The number of aryl methyl sites for hydroxylation is 1. The second-order valence-corrected chi connectivity index (χ2v) is 4.80. The number of hydrogen-bond donors (Lipinski definition) is 1. The molecule has 1 saturated heterocycles. The van der Waals surface area contributed by atoms with Gasteiger partial charge in [-0.05, 0) is 50.1 Å². The molecule has 1 heterocycles. The summed E-state index contributed by atoms with van der Waals surface area (Å²) in [4.78, 5) is 13.9. The van der Waals surface area contributed by atoms with E-state index in [2.05, 4.69) is 5.32 Å². The van der Waals surface area contributed by atoms with Gasteiger partial charge in [0.2, 0.25) is 5.91 Å². The fraction of sp³-hybridized carbons (Fsp3) is 0.462. The van der Waals surface area contributed by atoms with Gasteiger partial charge in [-0.25, -0.2) is 0 Å². The van der Waals surface area contributed by atoms with E-state index in [-0.39, 0.29) is 5.91 Å². The number of anilines is 1. The summed E-state index contributed by atoms with van der Waals surface area (Å²) in [7, 11) is 0. The molecule has 4 heteroatoms. The van der Waals surface area contributed by atoms with E-state index >= 15 is 0 Å². The van der Waals surface area contributed by atoms with E-state index in [1.54, 1.807) is 0 Å². The standard InChI is InChI=1S/C13H17ClN2O/c1-10-8-11(14)4-5-12(10)16-7-3-2-6-15-9-13(16)17/h4-5,8,15H,2-3,6-7,9H2,1H3. The smallest absolute Gasteiger partial charge is 0.240 e. The van der Waals surface area contributed by atoms with E-state index in [0.29, 0.717) is 11.6 Å². The maximum atomic E-state index is 12.0. The summed E-state index contributed by atoms with van der Waals surface area (Å²) in [5.41, 5.74) is 2.02. The molecule has 0 spiro atoms. The number of halogens is 1. The quantitative estimate of drug-likeness (QED) is 0.832. The topological polar surface area (TPSA) is 32.3 Å². The summed E-state index contributed by atoms with van der Waals surface area (Å²) in [6.45, 7) is 4.13. The molecule has 0 radical (unpaired) electrons. The molecule has 1 fully saturated rings. The molecule has 0 bridgehead atoms. The van der Waals surface area contributed by atoms with Crippen LogP contribution in [0.1, 0.15) is 18.4 Å². The largest absolute Gasteiger partial charge is 0.311 e. The molecule has 0 atom stereocenters. The molecule has 1 aromatic rings. The highest BCUT2D eigenvalue weighted by Crippen LogP contribution is 2.24. The summed E-state index contributed by atoms with van der Waals surface area (Å²) in [6, 6.07) is 5.66. The molecule has 0 unspecified atom stereocenters. The van der Waals surface area contributed by atoms with Crippen molar-refractivity contribution in [1.29, 1.82) is 0 Å². The zero-order chi connectivity index (χ0) is 12.3. The molecule has 1 aromatic carbocycles. The van der Waals surface area contributed by atoms with E-state index in [9.17, 15) is 4.79 Å². The van der Waals surface area contributed by atoms with Gasteiger partial charge < -0.3 is 10.2 Å². The highest BCUT2D eigenvalue weighted by Gasteiger charge is 2.18. The zero-order valence-corrected chi connectivity index (χ0v) is 10.8. The molecule has 2 rings (SSSR count). The number of amides is 1. The lowest BCUT2D eigenvalue weighted by molar-refractivity contribution is -0.118. The second kappa shape index (κ2) is 5.52. The van der Waals surface area contributed by atoms with Gasteiger partial charge in [-0.2, -0.15) is 0 Å². The van der Waals surface area contributed by atoms with Gasteiger partial charge in [-0.1, -0.05) is 11.6 Å². The molecule has 0 aliphatic carbocycles. The Bertz CT molecular complexity index is 420. The van der Waals surface area contributed by atoms with E-state index in [0.717, 1.165) is 37.2 Å². The van der Waals surface area contributed by atoms with Crippen LogP contribution in [0.5, 0.6) is 0 Å². The van der Waals surface area contributed by atoms with Crippen molar-refractivity contribution in [3.63, 3.8) is 0 Å². The van der Waals surface area contributed by atoms with Crippen LogP contribution in [0.2, 0.25) is 5.02 Å². The number of nitrogens with zero attached hydrogens (tertiary/aromatic N) is 1. The van der Waals surface area contributed by atoms with E-state index < -0.39 is 0 Å². The van der Waals surface area contributed by atoms with Gasteiger partial charge in [0.25, 0.3) is 0 Å². The van der Waals surface area contributed by atoms with Crippen molar-refractivity contribution in [2.75, 3.05) is 24.5 Å². The van der Waals surface area contributed by atoms with E-state index in [1.807, 2.05) is 30.0 Å². The van der Waals surface area contributed by atoms with Gasteiger partial charge in [0.1, 0.15) is 0 Å². The van der Waals surface area contributed by atoms with Gasteiger partial charge in [-0.15, -0.1) is 0 Å². The van der Waals surface area contributed by atoms with Crippen LogP contribution >= 0.6 is 11.6 Å². The summed E-state index contributed by atoms with van der Waals surface area (Å²) in [5.74, 6) is 0.134. The summed E-state index contributed by atoms with van der Waals surface area (Å²) < 4.78 is 0. The predicted molar refractivity (Wildman–Crippen MR) is 70.6 cm³/mol. The highest BCUT2D eigenvalue weighted by atomic mass is 35.5. The highest BCUT2D eigenvalue weighted by molar-refractivity contribution is 6.30. The van der Waals surface area contributed by atoms with Crippen molar-refractivity contribution >= 4 is 23.2 Å². The number of benzene rings is 1. The summed E-state index contributed by atoms with van der Waals surface area (Å²) in [6.07, 6.45) is 2.14. The maximum absolute atomic E-state index is 12.0. The van der Waals surface area contributed by atoms with Gasteiger partial charge in [-0.3, -0.25) is 4.79 Å². The van der Waals surface area contributed by atoms with Crippen LogP contribution in [0.25, 0.3) is 0 Å². The third-order valence-electron chi connectivity index (χ3n) is 3.01. The first-order chi connectivity index (χ1) is 8.18. The summed E-state index contributed by atoms with van der Waals surface area (Å²) in [5, 5.41) is 3.86. The zero-order valence-electron chi connectivity index (χ0n) is 10.0. The molecule has 1 amide bonds. The minimum absolute atomic E-state index is 0.134. The first-order valence-electron chi connectivity index (χ1n) is 5.96. The van der Waals surface area contributed by atoms with Crippen molar-refractivity contribution < 1.29 is 4.79 Å². The van der Waals surface area contributed by atoms with Crippen molar-refractivity contribution in [1.82, 2.24) is 5.32 Å². The molecular formula is C13H17ClN2O. The van der Waals surface area contributed by atoms with E-state index in [1.165, 1.54) is 0 Å². The normalized spacial score (nSPS) is 17.8. The molecular weight excluding hydrogens is 236 g/mol. The number of hydrogen-bond acceptors (Lipinski definition) is 2. The van der Waals surface area contributed by atoms with Gasteiger partial charge in [0, 0.05) is 17.3 Å². The molecule has 3 nitrogen and oxygen atoms in total. The molecule has 1 aliphatic heterocycles. The average molecular weight is 253 g/mol. The van der Waals surface area contributed by atoms with Crippen molar-refractivity contribution in [2.24, 2.45) is 0 Å². The van der Waals surface area contributed by atoms with Crippen LogP contribution in [-0.2, 0) is 4.79 Å². The molecule has 1 N–H and O–H groups in total. The molecule has 17 heavy (non-hydrogen) atoms. The minimum atomic E-state index is 0.134. The van der Waals surface area contributed by atoms with Crippen molar-refractivity contribution in [2.45, 2.75) is 19.8 Å². The Kier molecular flexibility index (Phi) is 4.02.